The molecule has 0 bridgehead atoms. The van der Waals surface area contributed by atoms with Gasteiger partial charge in [0.1, 0.15) is 5.60 Å². The van der Waals surface area contributed by atoms with Gasteiger partial charge in [0.15, 0.2) is 0 Å². The molecule has 0 aliphatic carbocycles. The predicted molar refractivity (Wildman–Crippen MR) is 97.8 cm³/mol. The molecule has 2 aromatic rings. The highest BCUT2D eigenvalue weighted by atomic mass is 19.4. The third-order valence-corrected chi connectivity index (χ3v) is 4.32. The van der Waals surface area contributed by atoms with E-state index in [1.165, 1.54) is 12.1 Å². The van der Waals surface area contributed by atoms with E-state index in [4.69, 9.17) is 9.26 Å². The van der Waals surface area contributed by atoms with Crippen LogP contribution in [0.2, 0.25) is 0 Å². The molecule has 0 unspecified atom stereocenters. The average Bonchev–Trinajstić information content (AvgIpc) is 3.09. The van der Waals surface area contributed by atoms with E-state index < -0.39 is 17.3 Å². The van der Waals surface area contributed by atoms with Crippen LogP contribution in [0.5, 0.6) is 0 Å². The molecule has 1 aliphatic rings. The smallest absolute Gasteiger partial charge is 0.416 e. The summed E-state index contributed by atoms with van der Waals surface area (Å²) >= 11 is 0. The Morgan fingerprint density at radius 2 is 1.72 bits per heavy atom. The number of ether oxygens (including phenoxy) is 1. The van der Waals surface area contributed by atoms with Crippen molar-refractivity contribution in [3.63, 3.8) is 0 Å². The van der Waals surface area contributed by atoms with E-state index >= 15 is 0 Å². The number of piperazine rings is 1. The second kappa shape index (κ2) is 8.02. The number of hydrogen-bond acceptors (Lipinski definition) is 6. The lowest BCUT2D eigenvalue weighted by molar-refractivity contribution is -0.137. The van der Waals surface area contributed by atoms with Gasteiger partial charge < -0.3 is 14.2 Å². The normalized spacial score (nSPS) is 16.1. The molecule has 7 nitrogen and oxygen atoms in total. The molecule has 10 heteroatoms. The minimum atomic E-state index is -4.39. The summed E-state index contributed by atoms with van der Waals surface area (Å²) in [6.45, 7) is 8.16. The summed E-state index contributed by atoms with van der Waals surface area (Å²) in [6.07, 6.45) is -4.72. The first-order chi connectivity index (χ1) is 13.5. The molecule has 3 rings (SSSR count). The molecular weight excluding hydrogens is 389 g/mol. The Morgan fingerprint density at radius 1 is 1.10 bits per heavy atom. The van der Waals surface area contributed by atoms with Crippen LogP contribution in [0.3, 0.4) is 0 Å². The topological polar surface area (TPSA) is 71.7 Å². The van der Waals surface area contributed by atoms with Gasteiger partial charge in [-0.15, -0.1) is 0 Å². The summed E-state index contributed by atoms with van der Waals surface area (Å²) < 4.78 is 48.6. The summed E-state index contributed by atoms with van der Waals surface area (Å²) in [5, 5.41) is 3.85. The van der Waals surface area contributed by atoms with Crippen molar-refractivity contribution < 1.29 is 27.2 Å². The van der Waals surface area contributed by atoms with Crippen molar-refractivity contribution >= 4 is 6.09 Å². The van der Waals surface area contributed by atoms with Crippen molar-refractivity contribution in [2.24, 2.45) is 0 Å². The molecule has 1 aliphatic heterocycles. The second-order valence-corrected chi connectivity index (χ2v) is 7.83. The highest BCUT2D eigenvalue weighted by Gasteiger charge is 2.30. The van der Waals surface area contributed by atoms with E-state index in [1.54, 1.807) is 4.90 Å². The molecule has 0 spiro atoms. The van der Waals surface area contributed by atoms with E-state index in [0.29, 0.717) is 44.2 Å². The van der Waals surface area contributed by atoms with Crippen LogP contribution in [0.4, 0.5) is 18.0 Å². The summed E-state index contributed by atoms with van der Waals surface area (Å²) in [5.41, 5.74) is -0.817. The number of benzene rings is 1. The van der Waals surface area contributed by atoms with Gasteiger partial charge in [-0.3, -0.25) is 4.90 Å². The molecule has 0 atom stereocenters. The first-order valence-electron chi connectivity index (χ1n) is 9.22. The molecule has 0 saturated carbocycles. The summed E-state index contributed by atoms with van der Waals surface area (Å²) in [5.74, 6) is 0.603. The van der Waals surface area contributed by atoms with Crippen LogP contribution in [0.1, 0.15) is 32.2 Å². The second-order valence-electron chi connectivity index (χ2n) is 7.83. The number of carbonyl (C=O) groups excluding carboxylic acids is 1. The fourth-order valence-electron chi connectivity index (χ4n) is 2.85. The van der Waals surface area contributed by atoms with Crippen LogP contribution < -0.4 is 0 Å². The van der Waals surface area contributed by atoms with Crippen LogP contribution in [0.25, 0.3) is 11.4 Å². The zero-order valence-electron chi connectivity index (χ0n) is 16.5. The van der Waals surface area contributed by atoms with Crippen molar-refractivity contribution in [3.8, 4) is 11.4 Å². The van der Waals surface area contributed by atoms with Gasteiger partial charge in [0.2, 0.25) is 11.7 Å². The van der Waals surface area contributed by atoms with Crippen LogP contribution in [0, 0.1) is 0 Å². The van der Waals surface area contributed by atoms with Crippen LogP contribution in [-0.2, 0) is 17.5 Å². The number of aromatic nitrogens is 2. The minimum absolute atomic E-state index is 0.237. The number of nitrogens with zero attached hydrogens (tertiary/aromatic N) is 4. The van der Waals surface area contributed by atoms with E-state index in [9.17, 15) is 18.0 Å². The maximum absolute atomic E-state index is 12.7. The fourth-order valence-corrected chi connectivity index (χ4v) is 2.85. The largest absolute Gasteiger partial charge is 0.444 e. The molecule has 158 valence electrons. The monoisotopic (exact) mass is 412 g/mol. The zero-order chi connectivity index (χ0) is 21.2. The lowest BCUT2D eigenvalue weighted by Crippen LogP contribution is -2.49. The number of alkyl halides is 3. The Labute approximate surface area is 166 Å². The number of halogens is 3. The molecule has 1 fully saturated rings. The van der Waals surface area contributed by atoms with Crippen molar-refractivity contribution in [1.82, 2.24) is 19.9 Å². The number of amides is 1. The van der Waals surface area contributed by atoms with Crippen molar-refractivity contribution in [1.29, 1.82) is 0 Å². The minimum Gasteiger partial charge on any atom is -0.444 e. The zero-order valence-corrected chi connectivity index (χ0v) is 16.5. The third-order valence-electron chi connectivity index (χ3n) is 4.32. The van der Waals surface area contributed by atoms with Gasteiger partial charge >= 0.3 is 12.3 Å². The van der Waals surface area contributed by atoms with Crippen LogP contribution >= 0.6 is 0 Å². The molecule has 0 radical (unpaired) electrons. The molecule has 1 aromatic heterocycles. The highest BCUT2D eigenvalue weighted by Crippen LogP contribution is 2.30. The molecule has 1 aromatic carbocycles. The average molecular weight is 412 g/mol. The molecule has 29 heavy (non-hydrogen) atoms. The van der Waals surface area contributed by atoms with E-state index in [1.807, 2.05) is 20.8 Å². The van der Waals surface area contributed by atoms with Crippen LogP contribution in [-0.4, -0.2) is 57.8 Å². The van der Waals surface area contributed by atoms with Crippen molar-refractivity contribution in [2.45, 2.75) is 39.1 Å². The summed E-state index contributed by atoms with van der Waals surface area (Å²) in [6, 6.07) is 4.61. The van der Waals surface area contributed by atoms with E-state index in [-0.39, 0.29) is 11.9 Å². The standard InChI is InChI=1S/C19H23F3N4O3/c1-18(2,3)28-17(27)26-10-8-25(9-11-26)12-15-23-16(24-29-15)13-4-6-14(7-5-13)19(20,21)22/h4-7H,8-12H2,1-3H3. The number of hydrogen-bond donors (Lipinski definition) is 0. The Morgan fingerprint density at radius 3 is 2.28 bits per heavy atom. The lowest BCUT2D eigenvalue weighted by atomic mass is 10.1. The van der Waals surface area contributed by atoms with Gasteiger partial charge in [-0.25, -0.2) is 4.79 Å². The van der Waals surface area contributed by atoms with Crippen molar-refractivity contribution in [2.75, 3.05) is 26.2 Å². The third kappa shape index (κ3) is 5.69. The molecular formula is C19H23F3N4O3. The summed E-state index contributed by atoms with van der Waals surface area (Å²) in [7, 11) is 0. The molecule has 2 heterocycles. The van der Waals surface area contributed by atoms with Gasteiger partial charge in [0.25, 0.3) is 0 Å². The van der Waals surface area contributed by atoms with Gasteiger partial charge in [-0.05, 0) is 32.9 Å². The SMILES string of the molecule is CC(C)(C)OC(=O)N1CCN(Cc2nc(-c3ccc(C(F)(F)F)cc3)no2)CC1. The molecule has 1 saturated heterocycles. The Kier molecular flexibility index (Phi) is 5.83. The molecule has 1 amide bonds. The molecule has 0 N–H and O–H groups in total. The van der Waals surface area contributed by atoms with Gasteiger partial charge in [-0.1, -0.05) is 17.3 Å². The van der Waals surface area contributed by atoms with Crippen molar-refractivity contribution in [3.05, 3.63) is 35.7 Å². The highest BCUT2D eigenvalue weighted by molar-refractivity contribution is 5.68. The maximum atomic E-state index is 12.7. The fraction of sp³-hybridized carbons (Fsp3) is 0.526. The quantitative estimate of drug-likeness (QED) is 0.764. The predicted octanol–water partition coefficient (Wildman–Crippen LogP) is 3.81. The number of rotatable bonds is 3. The Balaban J connectivity index is 1.54. The first kappa shape index (κ1) is 21.1. The van der Waals surface area contributed by atoms with Gasteiger partial charge in [0.05, 0.1) is 12.1 Å². The van der Waals surface area contributed by atoms with Crippen LogP contribution in [0.15, 0.2) is 28.8 Å². The lowest BCUT2D eigenvalue weighted by Gasteiger charge is -2.34. The van der Waals surface area contributed by atoms with Gasteiger partial charge in [0, 0.05) is 31.7 Å². The Hall–Kier alpha value is -2.62. The maximum Gasteiger partial charge on any atom is 0.416 e. The van der Waals surface area contributed by atoms with E-state index in [2.05, 4.69) is 15.0 Å². The van der Waals surface area contributed by atoms with Gasteiger partial charge in [-0.2, -0.15) is 18.2 Å². The summed E-state index contributed by atoms with van der Waals surface area (Å²) in [4.78, 5) is 20.1. The number of carbonyl (C=O) groups is 1. The first-order valence-corrected chi connectivity index (χ1v) is 9.22. The Bertz CT molecular complexity index is 836. The van der Waals surface area contributed by atoms with E-state index in [0.717, 1.165) is 12.1 Å².